The lowest BCUT2D eigenvalue weighted by Crippen LogP contribution is -2.37. The first-order valence-corrected chi connectivity index (χ1v) is 11.5. The van der Waals surface area contributed by atoms with Gasteiger partial charge in [0, 0.05) is 23.7 Å². The van der Waals surface area contributed by atoms with Gasteiger partial charge in [-0.2, -0.15) is 0 Å². The minimum absolute atomic E-state index is 0.0428. The lowest BCUT2D eigenvalue weighted by atomic mass is 9.80. The third-order valence-electron chi connectivity index (χ3n) is 6.47. The van der Waals surface area contributed by atoms with Gasteiger partial charge in [0.05, 0.1) is 30.4 Å². The van der Waals surface area contributed by atoms with Crippen molar-refractivity contribution in [2.45, 2.75) is 43.9 Å². The number of ether oxygens (including phenoxy) is 1. The minimum Gasteiger partial charge on any atom is -0.480 e. The van der Waals surface area contributed by atoms with Crippen molar-refractivity contribution in [1.29, 1.82) is 0 Å². The highest BCUT2D eigenvalue weighted by Gasteiger charge is 2.32. The summed E-state index contributed by atoms with van der Waals surface area (Å²) in [5.74, 6) is -0.620. The number of hydrogen-bond acceptors (Lipinski definition) is 6. The number of aliphatic hydroxyl groups is 2. The molecule has 1 aliphatic rings. The molecule has 8 heteroatoms. The second kappa shape index (κ2) is 11.0. The van der Waals surface area contributed by atoms with Crippen LogP contribution in [0.1, 0.15) is 42.9 Å². The quantitative estimate of drug-likeness (QED) is 0.459. The summed E-state index contributed by atoms with van der Waals surface area (Å²) in [6, 6.07) is 8.99. The number of hydrogen-bond donors (Lipinski definition) is 3. The summed E-state index contributed by atoms with van der Waals surface area (Å²) in [5.41, 5.74) is 1.90. The van der Waals surface area contributed by atoms with Gasteiger partial charge in [0.1, 0.15) is 17.7 Å². The van der Waals surface area contributed by atoms with Crippen LogP contribution in [0.2, 0.25) is 0 Å². The van der Waals surface area contributed by atoms with Crippen molar-refractivity contribution in [2.75, 3.05) is 13.7 Å². The van der Waals surface area contributed by atoms with E-state index in [1.807, 2.05) is 0 Å². The fraction of sp³-hybridized carbons (Fsp3) is 0.385. The van der Waals surface area contributed by atoms with Crippen LogP contribution in [-0.2, 0) is 0 Å². The fourth-order valence-electron chi connectivity index (χ4n) is 4.55. The van der Waals surface area contributed by atoms with Gasteiger partial charge < -0.3 is 20.3 Å². The van der Waals surface area contributed by atoms with E-state index in [1.165, 1.54) is 19.4 Å². The van der Waals surface area contributed by atoms with Gasteiger partial charge in [-0.25, -0.2) is 18.7 Å². The van der Waals surface area contributed by atoms with Crippen molar-refractivity contribution in [3.8, 4) is 5.88 Å². The Morgan fingerprint density at radius 1 is 1.15 bits per heavy atom. The lowest BCUT2D eigenvalue weighted by molar-refractivity contribution is -0.0300. The molecule has 2 atom stereocenters. The number of methoxy groups -OCH3 is 1. The van der Waals surface area contributed by atoms with E-state index in [0.29, 0.717) is 29.0 Å². The highest BCUT2D eigenvalue weighted by atomic mass is 19.1. The van der Waals surface area contributed by atoms with Crippen LogP contribution < -0.4 is 10.1 Å². The van der Waals surface area contributed by atoms with Gasteiger partial charge in [-0.15, -0.1) is 0 Å². The summed E-state index contributed by atoms with van der Waals surface area (Å²) in [6.07, 6.45) is 6.08. The zero-order valence-corrected chi connectivity index (χ0v) is 19.0. The van der Waals surface area contributed by atoms with Crippen LogP contribution >= 0.6 is 0 Å². The van der Waals surface area contributed by atoms with Gasteiger partial charge >= 0.3 is 0 Å². The van der Waals surface area contributed by atoms with Crippen LogP contribution in [0.25, 0.3) is 17.1 Å². The zero-order chi connectivity index (χ0) is 24.1. The molecule has 2 aromatic carbocycles. The Morgan fingerprint density at radius 2 is 1.94 bits per heavy atom. The maximum Gasteiger partial charge on any atom is 0.232 e. The molecule has 0 saturated heterocycles. The van der Waals surface area contributed by atoms with Gasteiger partial charge in [-0.1, -0.05) is 24.3 Å². The molecular weight excluding hydrogens is 440 g/mol. The fourth-order valence-corrected chi connectivity index (χ4v) is 4.55. The molecule has 1 fully saturated rings. The van der Waals surface area contributed by atoms with Crippen LogP contribution in [0.4, 0.5) is 8.78 Å². The van der Waals surface area contributed by atoms with E-state index in [4.69, 9.17) is 4.74 Å². The molecule has 1 aliphatic carbocycles. The summed E-state index contributed by atoms with van der Waals surface area (Å²) in [4.78, 5) is 8.72. The van der Waals surface area contributed by atoms with Crippen molar-refractivity contribution in [1.82, 2.24) is 15.3 Å². The van der Waals surface area contributed by atoms with Gasteiger partial charge in [0.2, 0.25) is 5.88 Å². The highest BCUT2D eigenvalue weighted by Crippen LogP contribution is 2.34. The first kappa shape index (κ1) is 24.2. The Balaban J connectivity index is 1.31. The minimum atomic E-state index is -1.08. The predicted octanol–water partition coefficient (Wildman–Crippen LogP) is 4.17. The first-order valence-electron chi connectivity index (χ1n) is 11.5. The number of nitrogens with one attached hydrogen (secondary N) is 1. The summed E-state index contributed by atoms with van der Waals surface area (Å²) >= 11 is 0. The number of fused-ring (bicyclic) bond motifs is 1. The second-order valence-electron chi connectivity index (χ2n) is 8.65. The van der Waals surface area contributed by atoms with E-state index in [0.717, 1.165) is 37.8 Å². The second-order valence-corrected chi connectivity index (χ2v) is 8.65. The molecule has 0 spiro atoms. The third-order valence-corrected chi connectivity index (χ3v) is 6.47. The molecule has 34 heavy (non-hydrogen) atoms. The number of aromatic nitrogens is 2. The van der Waals surface area contributed by atoms with Crippen LogP contribution in [-0.4, -0.2) is 46.0 Å². The Morgan fingerprint density at radius 3 is 2.71 bits per heavy atom. The summed E-state index contributed by atoms with van der Waals surface area (Å²) in [7, 11) is 1.51. The highest BCUT2D eigenvalue weighted by molar-refractivity contribution is 5.78. The van der Waals surface area contributed by atoms with Crippen LogP contribution in [0, 0.1) is 17.6 Å². The molecular formula is C26H29F2N3O3. The Hall–Kier alpha value is -2.94. The molecule has 4 rings (SSSR count). The monoisotopic (exact) mass is 469 g/mol. The van der Waals surface area contributed by atoms with Crippen LogP contribution in [0.15, 0.2) is 48.7 Å². The number of para-hydroxylation sites is 1. The van der Waals surface area contributed by atoms with Gasteiger partial charge in [0.15, 0.2) is 0 Å². The molecule has 180 valence electrons. The largest absolute Gasteiger partial charge is 0.480 e. The van der Waals surface area contributed by atoms with E-state index in [9.17, 15) is 19.0 Å². The molecule has 6 nitrogen and oxygen atoms in total. The number of halogens is 2. The third kappa shape index (κ3) is 5.58. The predicted molar refractivity (Wildman–Crippen MR) is 126 cm³/mol. The lowest BCUT2D eigenvalue weighted by Gasteiger charge is -2.34. The maximum atomic E-state index is 13.7. The van der Waals surface area contributed by atoms with Crippen molar-refractivity contribution < 1.29 is 23.7 Å². The van der Waals surface area contributed by atoms with E-state index >= 15 is 0 Å². The zero-order valence-electron chi connectivity index (χ0n) is 19.0. The summed E-state index contributed by atoms with van der Waals surface area (Å²) < 4.78 is 32.1. The van der Waals surface area contributed by atoms with E-state index in [2.05, 4.69) is 15.3 Å². The van der Waals surface area contributed by atoms with E-state index in [1.54, 1.807) is 30.4 Å². The number of nitrogens with zero attached hydrogens (tertiary/aromatic N) is 2. The van der Waals surface area contributed by atoms with Gasteiger partial charge in [0.25, 0.3) is 0 Å². The Bertz CT molecular complexity index is 1150. The Kier molecular flexibility index (Phi) is 7.82. The van der Waals surface area contributed by atoms with Crippen LogP contribution in [0.5, 0.6) is 5.88 Å². The number of rotatable bonds is 8. The molecule has 0 radical (unpaired) electrons. The van der Waals surface area contributed by atoms with Crippen molar-refractivity contribution in [2.24, 2.45) is 5.92 Å². The topological polar surface area (TPSA) is 87.5 Å². The van der Waals surface area contributed by atoms with Crippen molar-refractivity contribution >= 4 is 17.1 Å². The molecule has 3 N–H and O–H groups in total. The molecule has 1 aromatic heterocycles. The first-order chi connectivity index (χ1) is 16.5. The summed E-state index contributed by atoms with van der Waals surface area (Å²) in [6.45, 7) is 0.535. The standard InChI is InChI=1S/C26H29F2N3O3/c1-34-23-15-30-22-6-2-5-20(24(22)31-23)26(33)25(32)16-7-10-19(11-8-16)29-13-3-4-17-14-18(27)9-12-21(17)28/h2-6,9,12,14-16,19,25-26,29,32-33H,7-8,10-11,13H2,1H3/b4-3+/t16?,19?,25-,26-/m1/s1. The molecule has 1 saturated carbocycles. The molecule has 0 amide bonds. The summed E-state index contributed by atoms with van der Waals surface area (Å²) in [5, 5.41) is 25.3. The van der Waals surface area contributed by atoms with Gasteiger partial charge in [-0.05, 0) is 55.9 Å². The smallest absolute Gasteiger partial charge is 0.232 e. The van der Waals surface area contributed by atoms with Gasteiger partial charge in [-0.3, -0.25) is 0 Å². The average Bonchev–Trinajstić information content (AvgIpc) is 2.87. The van der Waals surface area contributed by atoms with Crippen molar-refractivity contribution in [3.63, 3.8) is 0 Å². The van der Waals surface area contributed by atoms with E-state index in [-0.39, 0.29) is 17.5 Å². The van der Waals surface area contributed by atoms with Crippen molar-refractivity contribution in [3.05, 3.63) is 71.4 Å². The Labute approximate surface area is 197 Å². The number of benzene rings is 2. The normalized spacial score (nSPS) is 20.5. The average molecular weight is 470 g/mol. The molecule has 1 heterocycles. The molecule has 0 unspecified atom stereocenters. The number of aliphatic hydroxyl groups excluding tert-OH is 2. The van der Waals surface area contributed by atoms with E-state index < -0.39 is 23.8 Å². The maximum absolute atomic E-state index is 13.7. The molecule has 0 bridgehead atoms. The van der Waals surface area contributed by atoms with Crippen LogP contribution in [0.3, 0.4) is 0 Å². The molecule has 3 aromatic rings. The molecule has 0 aliphatic heterocycles. The SMILES string of the molecule is COc1cnc2cccc([C@@H](O)[C@H](O)C3CCC(NC/C=C/c4cc(F)ccc4F)CC3)c2n1.